The zero-order valence-electron chi connectivity index (χ0n) is 8.34. The van der Waals surface area contributed by atoms with Gasteiger partial charge in [0.2, 0.25) is 5.95 Å². The summed E-state index contributed by atoms with van der Waals surface area (Å²) in [5.41, 5.74) is 5.37. The highest BCUT2D eigenvalue weighted by Gasteiger charge is 2.03. The second-order valence-electron chi connectivity index (χ2n) is 2.53. The van der Waals surface area contributed by atoms with Crippen LogP contribution in [0, 0.1) is 0 Å². The third kappa shape index (κ3) is 4.59. The molecule has 0 saturated heterocycles. The van der Waals surface area contributed by atoms with Crippen LogP contribution < -0.4 is 5.73 Å². The van der Waals surface area contributed by atoms with E-state index < -0.39 is 0 Å². The average molecular weight is 228 g/mol. The first-order valence-corrected chi connectivity index (χ1v) is 5.44. The van der Waals surface area contributed by atoms with Crippen molar-refractivity contribution in [2.24, 2.45) is 0 Å². The van der Waals surface area contributed by atoms with E-state index in [1.165, 1.54) is 18.1 Å². The van der Waals surface area contributed by atoms with Crippen molar-refractivity contribution in [3.05, 3.63) is 6.33 Å². The van der Waals surface area contributed by atoms with Crippen LogP contribution >= 0.6 is 11.8 Å². The fourth-order valence-electron chi connectivity index (χ4n) is 0.821. The van der Waals surface area contributed by atoms with E-state index >= 15 is 0 Å². The highest BCUT2D eigenvalue weighted by Crippen LogP contribution is 2.13. The second-order valence-corrected chi connectivity index (χ2v) is 3.59. The van der Waals surface area contributed by atoms with E-state index in [0.29, 0.717) is 23.9 Å². The standard InChI is InChI=1S/C8H12N4O2S/c1-2-14-6(13)3-4-15-8-11-5-10-7(9)12-8/h5H,2-4H2,1H3,(H2,9,10,11,12). The number of ether oxygens (including phenoxy) is 1. The second kappa shape index (κ2) is 6.18. The molecule has 0 amide bonds. The summed E-state index contributed by atoms with van der Waals surface area (Å²) in [4.78, 5) is 22.4. The van der Waals surface area contributed by atoms with Crippen molar-refractivity contribution in [3.63, 3.8) is 0 Å². The van der Waals surface area contributed by atoms with E-state index in [1.807, 2.05) is 0 Å². The summed E-state index contributed by atoms with van der Waals surface area (Å²) in [6, 6.07) is 0. The number of thioether (sulfide) groups is 1. The van der Waals surface area contributed by atoms with Crippen LogP contribution in [0.3, 0.4) is 0 Å². The number of nitrogen functional groups attached to an aromatic ring is 1. The van der Waals surface area contributed by atoms with Crippen molar-refractivity contribution in [1.82, 2.24) is 15.0 Å². The van der Waals surface area contributed by atoms with Gasteiger partial charge in [-0.1, -0.05) is 11.8 Å². The van der Waals surface area contributed by atoms with E-state index in [4.69, 9.17) is 10.5 Å². The molecule has 0 atom stereocenters. The lowest BCUT2D eigenvalue weighted by Crippen LogP contribution is -2.05. The number of hydrogen-bond acceptors (Lipinski definition) is 7. The van der Waals surface area contributed by atoms with Gasteiger partial charge in [-0.15, -0.1) is 0 Å². The van der Waals surface area contributed by atoms with Gasteiger partial charge in [0.05, 0.1) is 13.0 Å². The Morgan fingerprint density at radius 3 is 3.07 bits per heavy atom. The first kappa shape index (κ1) is 11.7. The van der Waals surface area contributed by atoms with Gasteiger partial charge in [0.15, 0.2) is 5.16 Å². The Labute approximate surface area is 91.7 Å². The first-order chi connectivity index (χ1) is 7.22. The molecule has 0 aliphatic rings. The summed E-state index contributed by atoms with van der Waals surface area (Å²) in [5.74, 6) is 0.540. The van der Waals surface area contributed by atoms with Crippen molar-refractivity contribution in [3.8, 4) is 0 Å². The van der Waals surface area contributed by atoms with E-state index in [0.717, 1.165) is 0 Å². The van der Waals surface area contributed by atoms with Crippen LogP contribution in [0.15, 0.2) is 11.5 Å². The minimum atomic E-state index is -0.216. The number of aromatic nitrogens is 3. The minimum Gasteiger partial charge on any atom is -0.466 e. The zero-order chi connectivity index (χ0) is 11.1. The molecular weight excluding hydrogens is 216 g/mol. The maximum atomic E-state index is 11.0. The topological polar surface area (TPSA) is 91.0 Å². The molecular formula is C8H12N4O2S. The number of anilines is 1. The monoisotopic (exact) mass is 228 g/mol. The van der Waals surface area contributed by atoms with E-state index in [9.17, 15) is 4.79 Å². The molecule has 1 rings (SSSR count). The third-order valence-corrected chi connectivity index (χ3v) is 2.27. The molecule has 0 fully saturated rings. The van der Waals surface area contributed by atoms with Crippen LogP contribution in [-0.2, 0) is 9.53 Å². The number of carbonyl (C=O) groups excluding carboxylic acids is 1. The zero-order valence-corrected chi connectivity index (χ0v) is 9.16. The first-order valence-electron chi connectivity index (χ1n) is 4.45. The highest BCUT2D eigenvalue weighted by molar-refractivity contribution is 7.99. The number of esters is 1. The molecule has 0 bridgehead atoms. The lowest BCUT2D eigenvalue weighted by Gasteiger charge is -2.00. The Morgan fingerprint density at radius 1 is 1.60 bits per heavy atom. The largest absolute Gasteiger partial charge is 0.466 e. The Morgan fingerprint density at radius 2 is 2.40 bits per heavy atom. The molecule has 1 heterocycles. The maximum absolute atomic E-state index is 11.0. The van der Waals surface area contributed by atoms with Crippen LogP contribution in [0.4, 0.5) is 5.95 Å². The molecule has 0 aliphatic heterocycles. The summed E-state index contributed by atoms with van der Waals surface area (Å²) in [6.45, 7) is 2.18. The van der Waals surface area contributed by atoms with Gasteiger partial charge >= 0.3 is 5.97 Å². The number of carbonyl (C=O) groups is 1. The Bertz CT molecular complexity index is 334. The fraction of sp³-hybridized carbons (Fsp3) is 0.500. The van der Waals surface area contributed by atoms with Crippen LogP contribution in [0.1, 0.15) is 13.3 Å². The Kier molecular flexibility index (Phi) is 4.82. The highest BCUT2D eigenvalue weighted by atomic mass is 32.2. The van der Waals surface area contributed by atoms with Gasteiger partial charge in [-0.05, 0) is 6.92 Å². The molecule has 6 nitrogen and oxygen atoms in total. The smallest absolute Gasteiger partial charge is 0.306 e. The summed E-state index contributed by atoms with van der Waals surface area (Å²) < 4.78 is 4.77. The Hall–Kier alpha value is -1.37. The van der Waals surface area contributed by atoms with Crippen molar-refractivity contribution in [2.45, 2.75) is 18.5 Å². The van der Waals surface area contributed by atoms with Gasteiger partial charge in [-0.25, -0.2) is 9.97 Å². The maximum Gasteiger partial charge on any atom is 0.306 e. The molecule has 82 valence electrons. The van der Waals surface area contributed by atoms with Crippen molar-refractivity contribution < 1.29 is 9.53 Å². The van der Waals surface area contributed by atoms with Gasteiger partial charge in [0.25, 0.3) is 0 Å². The summed E-state index contributed by atoms with van der Waals surface area (Å²) in [7, 11) is 0. The number of nitrogens with two attached hydrogens (primary N) is 1. The summed E-state index contributed by atoms with van der Waals surface area (Å²) in [6.07, 6.45) is 1.68. The van der Waals surface area contributed by atoms with Gasteiger partial charge in [-0.3, -0.25) is 4.79 Å². The molecule has 0 aliphatic carbocycles. The molecule has 0 unspecified atom stereocenters. The van der Waals surface area contributed by atoms with Crippen LogP contribution in [-0.4, -0.2) is 33.3 Å². The predicted molar refractivity (Wildman–Crippen MR) is 56.2 cm³/mol. The van der Waals surface area contributed by atoms with Gasteiger partial charge in [0.1, 0.15) is 6.33 Å². The fourth-order valence-corrected chi connectivity index (χ4v) is 1.55. The van der Waals surface area contributed by atoms with Crippen molar-refractivity contribution >= 4 is 23.7 Å². The van der Waals surface area contributed by atoms with E-state index in [-0.39, 0.29) is 11.9 Å². The molecule has 0 spiro atoms. The average Bonchev–Trinajstić information content (AvgIpc) is 2.18. The van der Waals surface area contributed by atoms with E-state index in [1.54, 1.807) is 6.92 Å². The van der Waals surface area contributed by atoms with Crippen LogP contribution in [0.25, 0.3) is 0 Å². The normalized spacial score (nSPS) is 9.93. The Balaban J connectivity index is 2.28. The SMILES string of the molecule is CCOC(=O)CCSc1ncnc(N)n1. The number of rotatable bonds is 5. The van der Waals surface area contributed by atoms with Crippen LogP contribution in [0.2, 0.25) is 0 Å². The molecule has 0 aromatic carbocycles. The summed E-state index contributed by atoms with van der Waals surface area (Å²) in [5, 5.41) is 0.520. The minimum absolute atomic E-state index is 0.184. The third-order valence-electron chi connectivity index (χ3n) is 1.41. The molecule has 1 aromatic rings. The van der Waals surface area contributed by atoms with Gasteiger partial charge < -0.3 is 10.5 Å². The molecule has 7 heteroatoms. The quantitative estimate of drug-likeness (QED) is 0.579. The predicted octanol–water partition coefficient (Wildman–Crippen LogP) is 0.499. The molecule has 15 heavy (non-hydrogen) atoms. The molecule has 0 radical (unpaired) electrons. The molecule has 0 saturated carbocycles. The number of nitrogens with zero attached hydrogens (tertiary/aromatic N) is 3. The summed E-state index contributed by atoms with van der Waals surface area (Å²) >= 11 is 1.35. The van der Waals surface area contributed by atoms with Gasteiger partial charge in [0, 0.05) is 5.75 Å². The lowest BCUT2D eigenvalue weighted by molar-refractivity contribution is -0.142. The molecule has 1 aromatic heterocycles. The van der Waals surface area contributed by atoms with E-state index in [2.05, 4.69) is 15.0 Å². The lowest BCUT2D eigenvalue weighted by atomic mass is 10.5. The van der Waals surface area contributed by atoms with Crippen molar-refractivity contribution in [2.75, 3.05) is 18.1 Å². The van der Waals surface area contributed by atoms with Crippen molar-refractivity contribution in [1.29, 1.82) is 0 Å². The van der Waals surface area contributed by atoms with Crippen LogP contribution in [0.5, 0.6) is 0 Å². The van der Waals surface area contributed by atoms with Gasteiger partial charge in [-0.2, -0.15) is 4.98 Å². The number of hydrogen-bond donors (Lipinski definition) is 1. The molecule has 2 N–H and O–H groups in total.